The van der Waals surface area contributed by atoms with Crippen LogP contribution in [0.3, 0.4) is 0 Å². The number of carbonyl (C=O) groups is 1. The van der Waals surface area contributed by atoms with Crippen molar-refractivity contribution in [1.82, 2.24) is 14.3 Å². The highest BCUT2D eigenvalue weighted by Crippen LogP contribution is 2.33. The molecule has 2 aliphatic rings. The number of anilines is 3. The molecule has 1 aromatic carbocycles. The van der Waals surface area contributed by atoms with Gasteiger partial charge in [0.15, 0.2) is 5.69 Å². The van der Waals surface area contributed by atoms with Crippen molar-refractivity contribution in [3.63, 3.8) is 0 Å². The molecule has 0 saturated carbocycles. The van der Waals surface area contributed by atoms with Gasteiger partial charge in [-0.2, -0.15) is 0 Å². The van der Waals surface area contributed by atoms with Gasteiger partial charge in [0.2, 0.25) is 0 Å². The number of hydrogen-bond donors (Lipinski definition) is 2. The Morgan fingerprint density at radius 3 is 2.39 bits per heavy atom. The molecular weight excluding hydrogens is 492 g/mol. The molecule has 0 atom stereocenters. The number of amides is 1. The van der Waals surface area contributed by atoms with Crippen molar-refractivity contribution in [3.8, 4) is 11.3 Å². The zero-order chi connectivity index (χ0) is 26.9. The number of nitrogen functional groups attached to an aromatic ring is 1. The van der Waals surface area contributed by atoms with Crippen LogP contribution in [0.4, 0.5) is 17.1 Å². The molecule has 8 heteroatoms. The van der Waals surface area contributed by atoms with E-state index in [-0.39, 0.29) is 11.6 Å². The highest BCUT2D eigenvalue weighted by atomic mass is 32.2. The second kappa shape index (κ2) is 13.6. The van der Waals surface area contributed by atoms with E-state index in [1.807, 2.05) is 26.0 Å². The first-order chi connectivity index (χ1) is 18.6. The fraction of sp³-hybridized carbons (Fsp3) is 0.433. The van der Waals surface area contributed by atoms with Crippen LogP contribution in [0.5, 0.6) is 0 Å². The molecule has 0 unspecified atom stereocenters. The largest absolute Gasteiger partial charge is 0.397 e. The van der Waals surface area contributed by atoms with Crippen LogP contribution in [0.1, 0.15) is 68.4 Å². The molecule has 202 valence electrons. The lowest BCUT2D eigenvalue weighted by Gasteiger charge is -2.30. The van der Waals surface area contributed by atoms with E-state index in [1.54, 1.807) is 30.4 Å². The summed E-state index contributed by atoms with van der Waals surface area (Å²) in [7, 11) is 0. The quantitative estimate of drug-likeness (QED) is 0.338. The van der Waals surface area contributed by atoms with Crippen LogP contribution in [0.25, 0.3) is 11.3 Å². The van der Waals surface area contributed by atoms with Gasteiger partial charge < -0.3 is 16.0 Å². The van der Waals surface area contributed by atoms with E-state index in [0.717, 1.165) is 61.5 Å². The average Bonchev–Trinajstić information content (AvgIpc) is 2.97. The van der Waals surface area contributed by atoms with Gasteiger partial charge in [-0.3, -0.25) is 9.78 Å². The van der Waals surface area contributed by atoms with Gasteiger partial charge in [0.25, 0.3) is 5.91 Å². The Hall–Kier alpha value is -3.10. The van der Waals surface area contributed by atoms with E-state index < -0.39 is 0 Å². The van der Waals surface area contributed by atoms with Gasteiger partial charge >= 0.3 is 0 Å². The molecule has 2 saturated heterocycles. The van der Waals surface area contributed by atoms with Crippen LogP contribution in [-0.4, -0.2) is 46.4 Å². The molecule has 0 spiro atoms. The van der Waals surface area contributed by atoms with Gasteiger partial charge in [-0.05, 0) is 86.9 Å². The van der Waals surface area contributed by atoms with Crippen molar-refractivity contribution in [2.24, 2.45) is 0 Å². The summed E-state index contributed by atoms with van der Waals surface area (Å²) in [6, 6.07) is 12.1. The number of aryl methyl sites for hydroxylation is 1. The summed E-state index contributed by atoms with van der Waals surface area (Å²) in [4.78, 5) is 25.8. The van der Waals surface area contributed by atoms with E-state index in [9.17, 15) is 4.79 Å². The topological polar surface area (TPSA) is 87.4 Å². The van der Waals surface area contributed by atoms with Crippen molar-refractivity contribution in [3.05, 3.63) is 60.0 Å². The third-order valence-corrected chi connectivity index (χ3v) is 8.01. The Morgan fingerprint density at radius 1 is 0.947 bits per heavy atom. The molecule has 0 bridgehead atoms. The number of nitrogens with one attached hydrogen (secondary N) is 1. The second-order valence-electron chi connectivity index (χ2n) is 9.59. The predicted molar refractivity (Wildman–Crippen MR) is 160 cm³/mol. The number of rotatable bonds is 6. The molecule has 38 heavy (non-hydrogen) atoms. The van der Waals surface area contributed by atoms with E-state index in [4.69, 9.17) is 10.7 Å². The molecule has 3 N–H and O–H groups in total. The van der Waals surface area contributed by atoms with Crippen molar-refractivity contribution in [2.75, 3.05) is 42.1 Å². The SMILES string of the molecule is CC.Cc1ccc(SN2CCCCC2)cc1-c1ccc(N)c(C(=O)Nc2cnccc2N2CCCCC2)n1. The summed E-state index contributed by atoms with van der Waals surface area (Å²) >= 11 is 1.80. The van der Waals surface area contributed by atoms with Crippen LogP contribution in [0, 0.1) is 6.92 Å². The molecule has 5 rings (SSSR count). The van der Waals surface area contributed by atoms with Crippen LogP contribution in [0.2, 0.25) is 0 Å². The highest BCUT2D eigenvalue weighted by Gasteiger charge is 2.20. The van der Waals surface area contributed by atoms with Gasteiger partial charge in [0, 0.05) is 42.8 Å². The van der Waals surface area contributed by atoms with Crippen LogP contribution >= 0.6 is 11.9 Å². The van der Waals surface area contributed by atoms with Gasteiger partial charge in [-0.15, -0.1) is 0 Å². The molecular formula is C30H40N6OS. The maximum Gasteiger partial charge on any atom is 0.276 e. The lowest BCUT2D eigenvalue weighted by atomic mass is 10.0. The molecule has 1 amide bonds. The Morgan fingerprint density at radius 2 is 1.66 bits per heavy atom. The first kappa shape index (κ1) is 27.9. The second-order valence-corrected chi connectivity index (χ2v) is 10.8. The number of piperidine rings is 2. The van der Waals surface area contributed by atoms with Crippen LogP contribution in [0.15, 0.2) is 53.7 Å². The Labute approximate surface area is 231 Å². The lowest BCUT2D eigenvalue weighted by molar-refractivity contribution is 0.102. The maximum atomic E-state index is 13.4. The number of nitrogens with two attached hydrogens (primary N) is 1. The lowest BCUT2D eigenvalue weighted by Crippen LogP contribution is -2.30. The van der Waals surface area contributed by atoms with Crippen molar-refractivity contribution >= 4 is 34.9 Å². The number of pyridine rings is 2. The number of nitrogens with zero attached hydrogens (tertiary/aromatic N) is 4. The predicted octanol–water partition coefficient (Wildman–Crippen LogP) is 6.80. The molecule has 2 fully saturated rings. The molecule has 7 nitrogen and oxygen atoms in total. The molecule has 0 radical (unpaired) electrons. The Kier molecular flexibility index (Phi) is 10.0. The highest BCUT2D eigenvalue weighted by molar-refractivity contribution is 7.97. The first-order valence-electron chi connectivity index (χ1n) is 13.9. The van der Waals surface area contributed by atoms with Gasteiger partial charge in [0.1, 0.15) is 0 Å². The standard InChI is InChI=1S/C28H34N6OS.C2H6/c1-20-8-9-21(36-34-16-6-3-7-17-34)18-22(20)24-11-10-23(29)27(31-24)28(35)32-25-19-30-13-12-26(25)33-14-4-2-5-15-33;1-2/h8-13,18-19H,2-7,14-17,29H2,1H3,(H,32,35);1-2H3. The monoisotopic (exact) mass is 532 g/mol. The summed E-state index contributed by atoms with van der Waals surface area (Å²) in [5.41, 5.74) is 11.4. The number of hydrogen-bond acceptors (Lipinski definition) is 7. The zero-order valence-corrected chi connectivity index (χ0v) is 23.7. The van der Waals surface area contributed by atoms with Gasteiger partial charge in [-0.1, -0.05) is 26.3 Å². The fourth-order valence-corrected chi connectivity index (χ4v) is 5.95. The summed E-state index contributed by atoms with van der Waals surface area (Å²) in [6.45, 7) is 10.3. The molecule has 4 heterocycles. The Balaban J connectivity index is 0.00000164. The molecule has 2 aliphatic heterocycles. The molecule has 2 aromatic heterocycles. The fourth-order valence-electron chi connectivity index (χ4n) is 4.92. The number of aromatic nitrogens is 2. The average molecular weight is 533 g/mol. The van der Waals surface area contributed by atoms with Crippen LogP contribution in [-0.2, 0) is 0 Å². The number of carbonyl (C=O) groups excluding carboxylic acids is 1. The third kappa shape index (κ3) is 6.85. The summed E-state index contributed by atoms with van der Waals surface area (Å²) in [5, 5.41) is 3.03. The smallest absolute Gasteiger partial charge is 0.276 e. The van der Waals surface area contributed by atoms with E-state index in [0.29, 0.717) is 11.4 Å². The minimum absolute atomic E-state index is 0.231. The van der Waals surface area contributed by atoms with Crippen molar-refractivity contribution in [1.29, 1.82) is 0 Å². The van der Waals surface area contributed by atoms with Crippen molar-refractivity contribution < 1.29 is 4.79 Å². The summed E-state index contributed by atoms with van der Waals surface area (Å²) < 4.78 is 2.43. The van der Waals surface area contributed by atoms with E-state index >= 15 is 0 Å². The van der Waals surface area contributed by atoms with Crippen molar-refractivity contribution in [2.45, 2.75) is 64.2 Å². The molecule has 3 aromatic rings. The minimum Gasteiger partial charge on any atom is -0.397 e. The number of benzene rings is 1. The first-order valence-corrected chi connectivity index (χ1v) is 14.7. The summed E-state index contributed by atoms with van der Waals surface area (Å²) in [5.74, 6) is -0.322. The van der Waals surface area contributed by atoms with E-state index in [1.165, 1.54) is 30.6 Å². The maximum absolute atomic E-state index is 13.4. The minimum atomic E-state index is -0.322. The third-order valence-electron chi connectivity index (χ3n) is 6.92. The summed E-state index contributed by atoms with van der Waals surface area (Å²) in [6.07, 6.45) is 10.8. The molecule has 0 aliphatic carbocycles. The van der Waals surface area contributed by atoms with E-state index in [2.05, 4.69) is 44.6 Å². The van der Waals surface area contributed by atoms with Crippen LogP contribution < -0.4 is 16.0 Å². The van der Waals surface area contributed by atoms with Gasteiger partial charge in [-0.25, -0.2) is 9.29 Å². The zero-order valence-electron chi connectivity index (χ0n) is 22.9. The van der Waals surface area contributed by atoms with Gasteiger partial charge in [0.05, 0.1) is 29.0 Å². The normalized spacial score (nSPS) is 15.9. The Bertz CT molecular complexity index is 1220.